The molecule has 1 atom stereocenters. The quantitative estimate of drug-likeness (QED) is 0.528. The third-order valence-electron chi connectivity index (χ3n) is 5.34. The highest BCUT2D eigenvalue weighted by Gasteiger charge is 2.31. The van der Waals surface area contributed by atoms with Crippen molar-refractivity contribution in [2.24, 2.45) is 0 Å². The molecular weight excluding hydrogens is 506 g/mol. The predicted molar refractivity (Wildman–Crippen MR) is 126 cm³/mol. The summed E-state index contributed by atoms with van der Waals surface area (Å²) in [6.45, 7) is 0. The molecule has 4 rings (SSSR count). The van der Waals surface area contributed by atoms with Gasteiger partial charge in [-0.25, -0.2) is 30.0 Å². The van der Waals surface area contributed by atoms with Crippen LogP contribution in [-0.4, -0.2) is 42.8 Å². The minimum absolute atomic E-state index is 0.0249. The zero-order chi connectivity index (χ0) is 23.9. The fraction of sp³-hybridized carbons (Fsp3) is 0.182. The second-order valence-electron chi connectivity index (χ2n) is 7.73. The topological polar surface area (TPSA) is 114 Å². The van der Waals surface area contributed by atoms with Crippen LogP contribution in [0.4, 0.5) is 0 Å². The van der Waals surface area contributed by atoms with Gasteiger partial charge in [-0.05, 0) is 66.1 Å². The molecule has 7 nitrogen and oxygen atoms in total. The van der Waals surface area contributed by atoms with Crippen molar-refractivity contribution >= 4 is 41.3 Å². The normalized spacial score (nSPS) is 18.3. The van der Waals surface area contributed by atoms with Crippen molar-refractivity contribution in [3.05, 3.63) is 77.8 Å². The van der Waals surface area contributed by atoms with E-state index >= 15 is 0 Å². The van der Waals surface area contributed by atoms with Crippen molar-refractivity contribution in [2.45, 2.75) is 27.1 Å². The Balaban J connectivity index is 1.52. The molecule has 3 aromatic rings. The van der Waals surface area contributed by atoms with E-state index in [4.69, 9.17) is 11.6 Å². The highest BCUT2D eigenvalue weighted by atomic mass is 35.5. The molecule has 0 spiro atoms. The summed E-state index contributed by atoms with van der Waals surface area (Å²) in [5, 5.41) is 0.443. The van der Waals surface area contributed by atoms with E-state index in [1.54, 1.807) is 24.3 Å². The van der Waals surface area contributed by atoms with Crippen molar-refractivity contribution in [1.82, 2.24) is 4.72 Å². The molecule has 11 heteroatoms. The van der Waals surface area contributed by atoms with Crippen LogP contribution < -0.4 is 4.72 Å². The maximum atomic E-state index is 12.8. The number of halogens is 1. The van der Waals surface area contributed by atoms with Crippen LogP contribution in [0.3, 0.4) is 0 Å². The summed E-state index contributed by atoms with van der Waals surface area (Å²) in [7, 11) is -10.7. The predicted octanol–water partition coefficient (Wildman–Crippen LogP) is 3.31. The standard InChI is InChI=1S/C22H20ClNO6S3/c23-18-5-11-21(12-6-18)32(27,28)20-7-1-16(2-8-20)17-3-9-22(10-4-17)33(29,30)24-19-13-14-31(25,26)15-19/h1-12,19,24H,13-15H2/t19-/m1/s1. The Labute approximate surface area is 198 Å². The molecule has 1 N–H and O–H groups in total. The van der Waals surface area contributed by atoms with Gasteiger partial charge in [-0.15, -0.1) is 0 Å². The first-order valence-corrected chi connectivity index (χ1v) is 15.1. The molecule has 0 aromatic heterocycles. The van der Waals surface area contributed by atoms with Gasteiger partial charge in [-0.2, -0.15) is 0 Å². The number of hydrogen-bond acceptors (Lipinski definition) is 6. The van der Waals surface area contributed by atoms with E-state index in [1.807, 2.05) is 0 Å². The second kappa shape index (κ2) is 8.84. The molecule has 0 bridgehead atoms. The summed E-state index contributed by atoms with van der Waals surface area (Å²) in [6, 6.07) is 17.6. The average Bonchev–Trinajstić information content (AvgIpc) is 3.11. The summed E-state index contributed by atoms with van der Waals surface area (Å²) >= 11 is 5.83. The van der Waals surface area contributed by atoms with Gasteiger partial charge in [0.25, 0.3) is 0 Å². The van der Waals surface area contributed by atoms with E-state index in [9.17, 15) is 25.3 Å². The number of benzene rings is 3. The number of rotatable bonds is 6. The Kier molecular flexibility index (Phi) is 6.41. The Morgan fingerprint density at radius 2 is 1.18 bits per heavy atom. The van der Waals surface area contributed by atoms with Crippen LogP contribution in [0, 0.1) is 0 Å². The van der Waals surface area contributed by atoms with Gasteiger partial charge < -0.3 is 0 Å². The van der Waals surface area contributed by atoms with Gasteiger partial charge in [0, 0.05) is 11.1 Å². The fourth-order valence-electron chi connectivity index (χ4n) is 3.58. The second-order valence-corrected chi connectivity index (χ2v) is 14.1. The van der Waals surface area contributed by atoms with E-state index in [1.165, 1.54) is 48.5 Å². The van der Waals surface area contributed by atoms with Crippen LogP contribution >= 0.6 is 11.6 Å². The number of hydrogen-bond donors (Lipinski definition) is 1. The third kappa shape index (κ3) is 5.30. The summed E-state index contributed by atoms with van der Waals surface area (Å²) in [5.74, 6) is -0.224. The van der Waals surface area contributed by atoms with Crippen molar-refractivity contribution in [2.75, 3.05) is 11.5 Å². The summed E-state index contributed by atoms with van der Waals surface area (Å²) in [4.78, 5) is 0.290. The highest BCUT2D eigenvalue weighted by molar-refractivity contribution is 7.92. The van der Waals surface area contributed by atoms with Gasteiger partial charge in [0.15, 0.2) is 9.84 Å². The largest absolute Gasteiger partial charge is 0.240 e. The maximum Gasteiger partial charge on any atom is 0.240 e. The van der Waals surface area contributed by atoms with Gasteiger partial charge in [0.05, 0.1) is 26.2 Å². The summed E-state index contributed by atoms with van der Waals surface area (Å²) in [6.07, 6.45) is 0.255. The Bertz CT molecular complexity index is 1480. The van der Waals surface area contributed by atoms with Gasteiger partial charge in [0.2, 0.25) is 19.9 Å². The zero-order valence-electron chi connectivity index (χ0n) is 17.2. The molecule has 0 saturated carbocycles. The highest BCUT2D eigenvalue weighted by Crippen LogP contribution is 2.27. The molecule has 3 aromatic carbocycles. The van der Waals surface area contributed by atoms with E-state index in [-0.39, 0.29) is 32.6 Å². The molecule has 1 aliphatic rings. The number of sulfonamides is 1. The van der Waals surface area contributed by atoms with E-state index in [0.717, 1.165) is 0 Å². The third-order valence-corrected chi connectivity index (χ3v) is 10.7. The van der Waals surface area contributed by atoms with Gasteiger partial charge >= 0.3 is 0 Å². The Morgan fingerprint density at radius 3 is 1.64 bits per heavy atom. The van der Waals surface area contributed by atoms with Crippen LogP contribution in [0.5, 0.6) is 0 Å². The minimum atomic E-state index is -3.86. The molecular formula is C22H20ClNO6S3. The summed E-state index contributed by atoms with van der Waals surface area (Å²) < 4.78 is 76.3. The van der Waals surface area contributed by atoms with Crippen LogP contribution in [0.15, 0.2) is 87.5 Å². The van der Waals surface area contributed by atoms with Crippen LogP contribution in [0.25, 0.3) is 11.1 Å². The SMILES string of the molecule is O=S1(=O)CC[C@@H](NS(=O)(=O)c2ccc(-c3ccc(S(=O)(=O)c4ccc(Cl)cc4)cc3)cc2)C1. The monoisotopic (exact) mass is 525 g/mol. The lowest BCUT2D eigenvalue weighted by Gasteiger charge is -2.12. The average molecular weight is 526 g/mol. The maximum absolute atomic E-state index is 12.8. The van der Waals surface area contributed by atoms with Crippen molar-refractivity contribution in [3.63, 3.8) is 0 Å². The molecule has 0 amide bonds. The Morgan fingerprint density at radius 1 is 0.727 bits per heavy atom. The first-order valence-electron chi connectivity index (χ1n) is 9.90. The molecule has 1 aliphatic heterocycles. The van der Waals surface area contributed by atoms with Gasteiger partial charge in [-0.1, -0.05) is 35.9 Å². The molecule has 1 heterocycles. The molecule has 0 aliphatic carbocycles. The molecule has 1 fully saturated rings. The lowest BCUT2D eigenvalue weighted by atomic mass is 10.1. The molecule has 174 valence electrons. The van der Waals surface area contributed by atoms with Crippen LogP contribution in [-0.2, 0) is 29.7 Å². The van der Waals surface area contributed by atoms with Crippen molar-refractivity contribution in [1.29, 1.82) is 0 Å². The molecule has 1 saturated heterocycles. The molecule has 0 radical (unpaired) electrons. The van der Waals surface area contributed by atoms with Crippen LogP contribution in [0.1, 0.15) is 6.42 Å². The van der Waals surface area contributed by atoms with E-state index in [0.29, 0.717) is 16.1 Å². The molecule has 0 unspecified atom stereocenters. The smallest absolute Gasteiger partial charge is 0.229 e. The first kappa shape index (κ1) is 23.9. The van der Waals surface area contributed by atoms with E-state index < -0.39 is 35.7 Å². The fourth-order valence-corrected chi connectivity index (χ4v) is 8.01. The van der Waals surface area contributed by atoms with E-state index in [2.05, 4.69) is 4.72 Å². The van der Waals surface area contributed by atoms with Crippen molar-refractivity contribution in [3.8, 4) is 11.1 Å². The summed E-state index contributed by atoms with van der Waals surface area (Å²) in [5.41, 5.74) is 1.41. The van der Waals surface area contributed by atoms with Gasteiger partial charge in [0.1, 0.15) is 0 Å². The van der Waals surface area contributed by atoms with Crippen molar-refractivity contribution < 1.29 is 25.3 Å². The Hall–Kier alpha value is -2.24. The molecule has 33 heavy (non-hydrogen) atoms. The van der Waals surface area contributed by atoms with Crippen LogP contribution in [0.2, 0.25) is 5.02 Å². The lowest BCUT2D eigenvalue weighted by Crippen LogP contribution is -2.35. The zero-order valence-corrected chi connectivity index (χ0v) is 20.4. The van der Waals surface area contributed by atoms with Gasteiger partial charge in [-0.3, -0.25) is 0 Å². The number of sulfone groups is 2. The minimum Gasteiger partial charge on any atom is -0.229 e. The first-order chi connectivity index (χ1) is 15.5. The number of nitrogens with one attached hydrogen (secondary N) is 1. The lowest BCUT2D eigenvalue weighted by molar-refractivity contribution is 0.562.